The smallest absolute Gasteiger partial charge is 0.311 e. The van der Waals surface area contributed by atoms with Crippen molar-refractivity contribution < 1.29 is 19.9 Å². The highest BCUT2D eigenvalue weighted by Gasteiger charge is 2.16. The monoisotopic (exact) mass is 243 g/mol. The van der Waals surface area contributed by atoms with Crippen LogP contribution in [0.15, 0.2) is 12.1 Å². The molecule has 0 radical (unpaired) electrons. The van der Waals surface area contributed by atoms with Gasteiger partial charge in [0.15, 0.2) is 0 Å². The maximum Gasteiger partial charge on any atom is 0.311 e. The van der Waals surface area contributed by atoms with Crippen molar-refractivity contribution in [1.29, 1.82) is 0 Å². The van der Waals surface area contributed by atoms with Crippen LogP contribution in [0.1, 0.15) is 0 Å². The van der Waals surface area contributed by atoms with E-state index in [2.05, 4.69) is 10.3 Å². The van der Waals surface area contributed by atoms with Gasteiger partial charge in [0, 0.05) is 18.7 Å². The number of aromatic nitrogens is 1. The summed E-state index contributed by atoms with van der Waals surface area (Å²) in [6, 6.07) is 2.62. The van der Waals surface area contributed by atoms with E-state index in [0.717, 1.165) is 0 Å². The fourth-order valence-corrected chi connectivity index (χ4v) is 1.10. The third-order valence-corrected chi connectivity index (χ3v) is 1.97. The van der Waals surface area contributed by atoms with Crippen LogP contribution in [0.5, 0.6) is 5.88 Å². The minimum absolute atomic E-state index is 0.0122. The lowest BCUT2D eigenvalue weighted by Gasteiger charge is -2.10. The maximum atomic E-state index is 10.7. The molecule has 1 aromatic heterocycles. The van der Waals surface area contributed by atoms with Gasteiger partial charge in [-0.3, -0.25) is 10.1 Å². The lowest BCUT2D eigenvalue weighted by atomic mass is 10.3. The largest absolute Gasteiger partial charge is 0.481 e. The molecular weight excluding hydrogens is 230 g/mol. The third kappa shape index (κ3) is 3.54. The van der Waals surface area contributed by atoms with E-state index in [4.69, 9.17) is 14.9 Å². The fourth-order valence-electron chi connectivity index (χ4n) is 1.10. The quantitative estimate of drug-likeness (QED) is 0.466. The molecule has 8 heteroatoms. The van der Waals surface area contributed by atoms with Crippen molar-refractivity contribution in [2.75, 3.05) is 25.6 Å². The van der Waals surface area contributed by atoms with Crippen LogP contribution in [0.2, 0.25) is 0 Å². The summed E-state index contributed by atoms with van der Waals surface area (Å²) in [6.45, 7) is -0.484. The second-order valence-corrected chi connectivity index (χ2v) is 3.20. The summed E-state index contributed by atoms with van der Waals surface area (Å²) in [5, 5.41) is 31.0. The molecule has 1 atom stereocenters. The van der Waals surface area contributed by atoms with Crippen LogP contribution < -0.4 is 10.1 Å². The molecular formula is C9H13N3O5. The highest BCUT2D eigenvalue weighted by molar-refractivity contribution is 5.57. The number of hydrogen-bond acceptors (Lipinski definition) is 7. The molecule has 1 heterocycles. The average Bonchev–Trinajstić information content (AvgIpc) is 2.35. The lowest BCUT2D eigenvalue weighted by Crippen LogP contribution is -2.23. The predicted molar refractivity (Wildman–Crippen MR) is 59.0 cm³/mol. The Balaban J connectivity index is 2.89. The van der Waals surface area contributed by atoms with E-state index in [1.165, 1.54) is 19.2 Å². The van der Waals surface area contributed by atoms with Crippen molar-refractivity contribution >= 4 is 11.5 Å². The molecule has 0 aliphatic rings. The van der Waals surface area contributed by atoms with Gasteiger partial charge in [-0.25, -0.2) is 0 Å². The highest BCUT2D eigenvalue weighted by Crippen LogP contribution is 2.24. The Bertz CT molecular complexity index is 398. The molecule has 0 saturated carbocycles. The standard InChI is InChI=1S/C9H13N3O5/c1-17-8-3-2-7(12(15)16)9(11-8)10-4-6(14)5-13/h2-3,6,13-14H,4-5H2,1H3,(H,10,11). The molecule has 0 aliphatic heterocycles. The second-order valence-electron chi connectivity index (χ2n) is 3.20. The zero-order valence-corrected chi connectivity index (χ0v) is 9.16. The van der Waals surface area contributed by atoms with E-state index in [1.807, 2.05) is 0 Å². The van der Waals surface area contributed by atoms with Crippen LogP contribution in [0, 0.1) is 10.1 Å². The zero-order valence-electron chi connectivity index (χ0n) is 9.16. The van der Waals surface area contributed by atoms with E-state index < -0.39 is 17.6 Å². The number of aliphatic hydroxyl groups is 2. The van der Waals surface area contributed by atoms with Gasteiger partial charge in [0.25, 0.3) is 0 Å². The van der Waals surface area contributed by atoms with Crippen molar-refractivity contribution in [1.82, 2.24) is 4.98 Å². The van der Waals surface area contributed by atoms with Crippen molar-refractivity contribution in [3.8, 4) is 5.88 Å². The van der Waals surface area contributed by atoms with E-state index in [9.17, 15) is 10.1 Å². The van der Waals surface area contributed by atoms with Crippen LogP contribution in [-0.2, 0) is 0 Å². The minimum atomic E-state index is -1.01. The van der Waals surface area contributed by atoms with Crippen molar-refractivity contribution in [3.05, 3.63) is 22.2 Å². The maximum absolute atomic E-state index is 10.7. The number of rotatable bonds is 6. The summed E-state index contributed by atoms with van der Waals surface area (Å²) < 4.78 is 4.84. The van der Waals surface area contributed by atoms with Crippen molar-refractivity contribution in [2.45, 2.75) is 6.10 Å². The molecule has 1 aromatic rings. The normalized spacial score (nSPS) is 11.9. The summed E-state index contributed by atoms with van der Waals surface area (Å²) in [7, 11) is 1.39. The second kappa shape index (κ2) is 5.97. The van der Waals surface area contributed by atoms with Crippen molar-refractivity contribution in [2.24, 2.45) is 0 Å². The number of ether oxygens (including phenoxy) is 1. The number of nitrogens with one attached hydrogen (secondary N) is 1. The van der Waals surface area contributed by atoms with Gasteiger partial charge < -0.3 is 20.3 Å². The first-order valence-electron chi connectivity index (χ1n) is 4.80. The van der Waals surface area contributed by atoms with Crippen LogP contribution in [0.3, 0.4) is 0 Å². The van der Waals surface area contributed by atoms with Gasteiger partial charge in [0.05, 0.1) is 24.7 Å². The third-order valence-electron chi connectivity index (χ3n) is 1.97. The van der Waals surface area contributed by atoms with Gasteiger partial charge in [0.1, 0.15) is 0 Å². The van der Waals surface area contributed by atoms with Crippen LogP contribution in [0.25, 0.3) is 0 Å². The summed E-state index contributed by atoms with van der Waals surface area (Å²) in [4.78, 5) is 14.0. The molecule has 0 aliphatic carbocycles. The van der Waals surface area contributed by atoms with Gasteiger partial charge >= 0.3 is 5.69 Å². The number of nitro groups is 1. The van der Waals surface area contributed by atoms with E-state index >= 15 is 0 Å². The van der Waals surface area contributed by atoms with Gasteiger partial charge in [-0.2, -0.15) is 4.98 Å². The average molecular weight is 243 g/mol. The SMILES string of the molecule is COc1ccc([N+](=O)[O-])c(NCC(O)CO)n1. The van der Waals surface area contributed by atoms with Gasteiger partial charge in [0.2, 0.25) is 11.7 Å². The van der Waals surface area contributed by atoms with Gasteiger partial charge in [-0.05, 0) is 0 Å². The number of nitrogens with zero attached hydrogens (tertiary/aromatic N) is 2. The Kier molecular flexibility index (Phi) is 4.61. The Morgan fingerprint density at radius 2 is 2.35 bits per heavy atom. The first-order chi connectivity index (χ1) is 8.08. The van der Waals surface area contributed by atoms with Crippen LogP contribution in [-0.4, -0.2) is 46.5 Å². The Labute approximate surface area is 97.0 Å². The van der Waals surface area contributed by atoms with Gasteiger partial charge in [-0.15, -0.1) is 0 Å². The number of anilines is 1. The number of pyridine rings is 1. The Hall–Kier alpha value is -1.93. The topological polar surface area (TPSA) is 118 Å². The first-order valence-corrected chi connectivity index (χ1v) is 4.80. The summed E-state index contributed by atoms with van der Waals surface area (Å²) in [5.74, 6) is 0.207. The Morgan fingerprint density at radius 3 is 2.88 bits per heavy atom. The molecule has 0 saturated heterocycles. The molecule has 0 amide bonds. The molecule has 17 heavy (non-hydrogen) atoms. The van der Waals surface area contributed by atoms with Gasteiger partial charge in [-0.1, -0.05) is 0 Å². The van der Waals surface area contributed by atoms with E-state index in [0.29, 0.717) is 0 Å². The van der Waals surface area contributed by atoms with E-state index in [-0.39, 0.29) is 23.9 Å². The predicted octanol–water partition coefficient (Wildman–Crippen LogP) is -0.237. The molecule has 8 nitrogen and oxygen atoms in total. The molecule has 1 rings (SSSR count). The molecule has 0 bridgehead atoms. The number of hydrogen-bond donors (Lipinski definition) is 3. The lowest BCUT2D eigenvalue weighted by molar-refractivity contribution is -0.384. The highest BCUT2D eigenvalue weighted by atomic mass is 16.6. The molecule has 94 valence electrons. The summed E-state index contributed by atoms with van der Waals surface area (Å²) in [6.07, 6.45) is -1.01. The molecule has 3 N–H and O–H groups in total. The first kappa shape index (κ1) is 13.1. The minimum Gasteiger partial charge on any atom is -0.481 e. The molecule has 0 fully saturated rings. The molecule has 0 spiro atoms. The molecule has 0 aromatic carbocycles. The molecule has 1 unspecified atom stereocenters. The van der Waals surface area contributed by atoms with Crippen molar-refractivity contribution in [3.63, 3.8) is 0 Å². The number of aliphatic hydroxyl groups excluding tert-OH is 2. The van der Waals surface area contributed by atoms with Crippen LogP contribution >= 0.6 is 0 Å². The zero-order chi connectivity index (χ0) is 12.8. The summed E-state index contributed by atoms with van der Waals surface area (Å²) in [5.41, 5.74) is -0.226. The number of methoxy groups -OCH3 is 1. The summed E-state index contributed by atoms with van der Waals surface area (Å²) >= 11 is 0. The van der Waals surface area contributed by atoms with Crippen LogP contribution in [0.4, 0.5) is 11.5 Å². The Morgan fingerprint density at radius 1 is 1.65 bits per heavy atom. The fraction of sp³-hybridized carbons (Fsp3) is 0.444. The van der Waals surface area contributed by atoms with E-state index in [1.54, 1.807) is 0 Å².